The lowest BCUT2D eigenvalue weighted by molar-refractivity contribution is 0.319. The smallest absolute Gasteiger partial charge is 0.128 e. The van der Waals surface area contributed by atoms with Gasteiger partial charge in [0.2, 0.25) is 0 Å². The van der Waals surface area contributed by atoms with Gasteiger partial charge in [0.25, 0.3) is 0 Å². The van der Waals surface area contributed by atoms with E-state index in [1.807, 2.05) is 48.5 Å². The van der Waals surface area contributed by atoms with Gasteiger partial charge in [-0.1, -0.05) is 24.3 Å². The first-order valence-corrected chi connectivity index (χ1v) is 7.49. The molecule has 110 valence electrons. The average Bonchev–Trinajstić information content (AvgIpc) is 2.60. The zero-order valence-electron chi connectivity index (χ0n) is 12.2. The maximum atomic E-state index is 5.65. The topological polar surface area (TPSA) is 43.2 Å². The van der Waals surface area contributed by atoms with Gasteiger partial charge in [-0.25, -0.2) is 0 Å². The van der Waals surface area contributed by atoms with Crippen LogP contribution in [0.1, 0.15) is 24.0 Å². The van der Waals surface area contributed by atoms with Crippen LogP contribution < -0.4 is 9.47 Å². The van der Waals surface area contributed by atoms with Crippen LogP contribution in [0.5, 0.6) is 11.5 Å². The first-order valence-electron chi connectivity index (χ1n) is 7.49. The van der Waals surface area contributed by atoms with Crippen molar-refractivity contribution < 1.29 is 9.47 Å². The molecule has 0 radical (unpaired) electrons. The molecular formula is C18H16N2O2. The van der Waals surface area contributed by atoms with E-state index in [1.165, 1.54) is 0 Å². The van der Waals surface area contributed by atoms with E-state index in [0.717, 1.165) is 46.9 Å². The molecule has 0 atom stereocenters. The predicted molar refractivity (Wildman–Crippen MR) is 86.2 cm³/mol. The highest BCUT2D eigenvalue weighted by molar-refractivity contribution is 6.06. The lowest BCUT2D eigenvalue weighted by Gasteiger charge is -2.19. The number of ether oxygens (including phenoxy) is 2. The fourth-order valence-electron chi connectivity index (χ4n) is 2.77. The number of hydrogen-bond donors (Lipinski definition) is 0. The van der Waals surface area contributed by atoms with Crippen molar-refractivity contribution in [1.29, 1.82) is 0 Å². The summed E-state index contributed by atoms with van der Waals surface area (Å²) in [6, 6.07) is 16.0. The standard InChI is InChI=1S/C18H16N2O2/c1-3-7-17-13(5-1)15(9-11-21-17)19-20-16-10-12-22-18-8-4-2-6-14(16)18/h1-8H,9-12H2/b19-15+,20-16+. The summed E-state index contributed by atoms with van der Waals surface area (Å²) in [6.45, 7) is 1.31. The van der Waals surface area contributed by atoms with Gasteiger partial charge in [-0.05, 0) is 24.3 Å². The van der Waals surface area contributed by atoms with Gasteiger partial charge in [-0.15, -0.1) is 0 Å². The third-order valence-electron chi connectivity index (χ3n) is 3.88. The zero-order chi connectivity index (χ0) is 14.8. The molecule has 2 aromatic rings. The summed E-state index contributed by atoms with van der Waals surface area (Å²) < 4.78 is 11.3. The van der Waals surface area contributed by atoms with Gasteiger partial charge in [-0.3, -0.25) is 0 Å². The first-order chi connectivity index (χ1) is 10.9. The highest BCUT2D eigenvalue weighted by Crippen LogP contribution is 2.26. The predicted octanol–water partition coefficient (Wildman–Crippen LogP) is 3.45. The van der Waals surface area contributed by atoms with Crippen molar-refractivity contribution in [2.75, 3.05) is 13.2 Å². The van der Waals surface area contributed by atoms with Crippen molar-refractivity contribution in [3.63, 3.8) is 0 Å². The largest absolute Gasteiger partial charge is 0.492 e. The normalized spacial score (nSPS) is 20.0. The molecule has 2 aromatic carbocycles. The molecule has 4 nitrogen and oxygen atoms in total. The fraction of sp³-hybridized carbons (Fsp3) is 0.222. The molecule has 0 aromatic heterocycles. The minimum atomic E-state index is 0.653. The van der Waals surface area contributed by atoms with Crippen LogP contribution in [0.3, 0.4) is 0 Å². The van der Waals surface area contributed by atoms with E-state index in [-0.39, 0.29) is 0 Å². The molecule has 0 unspecified atom stereocenters. The molecule has 4 rings (SSSR count). The summed E-state index contributed by atoms with van der Waals surface area (Å²) >= 11 is 0. The Morgan fingerprint density at radius 1 is 0.636 bits per heavy atom. The number of para-hydroxylation sites is 2. The van der Waals surface area contributed by atoms with Crippen LogP contribution >= 0.6 is 0 Å². The Bertz CT molecular complexity index is 700. The maximum absolute atomic E-state index is 5.65. The summed E-state index contributed by atoms with van der Waals surface area (Å²) in [5.41, 5.74) is 4.05. The second kappa shape index (κ2) is 5.64. The van der Waals surface area contributed by atoms with E-state index >= 15 is 0 Å². The lowest BCUT2D eigenvalue weighted by Crippen LogP contribution is -2.17. The van der Waals surface area contributed by atoms with Crippen molar-refractivity contribution in [2.24, 2.45) is 10.2 Å². The lowest BCUT2D eigenvalue weighted by atomic mass is 10.0. The molecule has 0 spiro atoms. The van der Waals surface area contributed by atoms with E-state index in [2.05, 4.69) is 10.2 Å². The quantitative estimate of drug-likeness (QED) is 0.756. The molecule has 0 saturated heterocycles. The average molecular weight is 292 g/mol. The summed E-state index contributed by atoms with van der Waals surface area (Å²) in [5, 5.41) is 9.03. The number of hydrogen-bond acceptors (Lipinski definition) is 4. The highest BCUT2D eigenvalue weighted by atomic mass is 16.5. The van der Waals surface area contributed by atoms with E-state index in [1.54, 1.807) is 0 Å². The Morgan fingerprint density at radius 3 is 1.59 bits per heavy atom. The van der Waals surface area contributed by atoms with Crippen molar-refractivity contribution in [3.05, 3.63) is 59.7 Å². The Kier molecular flexibility index (Phi) is 3.35. The van der Waals surface area contributed by atoms with E-state index < -0.39 is 0 Å². The van der Waals surface area contributed by atoms with Gasteiger partial charge in [0.15, 0.2) is 0 Å². The van der Waals surface area contributed by atoms with Crippen LogP contribution in [0.2, 0.25) is 0 Å². The third-order valence-corrected chi connectivity index (χ3v) is 3.88. The van der Waals surface area contributed by atoms with E-state index in [0.29, 0.717) is 13.2 Å². The Labute approximate surface area is 129 Å². The van der Waals surface area contributed by atoms with Crippen molar-refractivity contribution >= 4 is 11.4 Å². The summed E-state index contributed by atoms with van der Waals surface area (Å²) in [5.74, 6) is 1.78. The fourth-order valence-corrected chi connectivity index (χ4v) is 2.77. The molecule has 0 aliphatic carbocycles. The number of fused-ring (bicyclic) bond motifs is 2. The third kappa shape index (κ3) is 2.37. The molecule has 2 aliphatic heterocycles. The molecule has 2 aliphatic rings. The Balaban J connectivity index is 1.71. The molecule has 2 heterocycles. The van der Waals surface area contributed by atoms with Gasteiger partial charge in [-0.2, -0.15) is 10.2 Å². The minimum absolute atomic E-state index is 0.653. The van der Waals surface area contributed by atoms with Gasteiger partial charge in [0.1, 0.15) is 11.5 Å². The first kappa shape index (κ1) is 13.1. The van der Waals surface area contributed by atoms with Crippen LogP contribution in [-0.4, -0.2) is 24.6 Å². The van der Waals surface area contributed by atoms with Crippen LogP contribution in [0.4, 0.5) is 0 Å². The Morgan fingerprint density at radius 2 is 1.09 bits per heavy atom. The SMILES string of the molecule is c1ccc2c(c1)OCC/C2=N\N=C1/CCOc2ccccc21. The highest BCUT2D eigenvalue weighted by Gasteiger charge is 2.18. The summed E-state index contributed by atoms with van der Waals surface area (Å²) in [7, 11) is 0. The van der Waals surface area contributed by atoms with Crippen molar-refractivity contribution in [1.82, 2.24) is 0 Å². The molecule has 0 bridgehead atoms. The maximum Gasteiger partial charge on any atom is 0.128 e. The number of nitrogens with zero attached hydrogens (tertiary/aromatic N) is 2. The molecule has 0 amide bonds. The summed E-state index contributed by atoms with van der Waals surface area (Å²) in [4.78, 5) is 0. The van der Waals surface area contributed by atoms with Gasteiger partial charge >= 0.3 is 0 Å². The van der Waals surface area contributed by atoms with Crippen LogP contribution in [-0.2, 0) is 0 Å². The van der Waals surface area contributed by atoms with Gasteiger partial charge < -0.3 is 9.47 Å². The summed E-state index contributed by atoms with van der Waals surface area (Å²) in [6.07, 6.45) is 1.57. The zero-order valence-corrected chi connectivity index (χ0v) is 12.2. The molecular weight excluding hydrogens is 276 g/mol. The van der Waals surface area contributed by atoms with Crippen molar-refractivity contribution in [3.8, 4) is 11.5 Å². The second-order valence-corrected chi connectivity index (χ2v) is 5.28. The molecule has 4 heteroatoms. The Hall–Kier alpha value is -2.62. The molecule has 0 saturated carbocycles. The van der Waals surface area contributed by atoms with E-state index in [4.69, 9.17) is 9.47 Å². The van der Waals surface area contributed by atoms with Crippen LogP contribution in [0.25, 0.3) is 0 Å². The van der Waals surface area contributed by atoms with Crippen LogP contribution in [0, 0.1) is 0 Å². The second-order valence-electron chi connectivity index (χ2n) is 5.28. The van der Waals surface area contributed by atoms with Gasteiger partial charge in [0.05, 0.1) is 24.6 Å². The van der Waals surface area contributed by atoms with Crippen molar-refractivity contribution in [2.45, 2.75) is 12.8 Å². The number of benzene rings is 2. The molecule has 0 fully saturated rings. The molecule has 0 N–H and O–H groups in total. The minimum Gasteiger partial charge on any atom is -0.492 e. The van der Waals surface area contributed by atoms with Gasteiger partial charge in [0, 0.05) is 24.0 Å². The molecule has 22 heavy (non-hydrogen) atoms. The van der Waals surface area contributed by atoms with E-state index in [9.17, 15) is 0 Å². The van der Waals surface area contributed by atoms with Crippen LogP contribution in [0.15, 0.2) is 58.7 Å². The number of rotatable bonds is 1. The monoisotopic (exact) mass is 292 g/mol.